The van der Waals surface area contributed by atoms with Crippen molar-refractivity contribution in [1.82, 2.24) is 14.8 Å². The average molecular weight is 177 g/mol. The largest absolute Gasteiger partial charge is 0.441 e. The fourth-order valence-corrected chi connectivity index (χ4v) is 1.33. The molecule has 0 spiro atoms. The Bertz CT molecular complexity index is 428. The van der Waals surface area contributed by atoms with Crippen LogP contribution in [0.1, 0.15) is 11.6 Å². The number of aryl methyl sites for hydroxylation is 3. The molecule has 0 saturated carbocycles. The number of rotatable bonds is 1. The van der Waals surface area contributed by atoms with Crippen molar-refractivity contribution < 1.29 is 4.42 Å². The van der Waals surface area contributed by atoms with Gasteiger partial charge in [0.15, 0.2) is 11.7 Å². The second-order valence-corrected chi connectivity index (χ2v) is 3.05. The predicted molar refractivity (Wildman–Crippen MR) is 48.2 cm³/mol. The summed E-state index contributed by atoms with van der Waals surface area (Å²) in [5.74, 6) is 1.46. The zero-order valence-corrected chi connectivity index (χ0v) is 7.90. The summed E-state index contributed by atoms with van der Waals surface area (Å²) in [5.41, 5.74) is 1.96. The van der Waals surface area contributed by atoms with E-state index in [2.05, 4.69) is 10.1 Å². The van der Waals surface area contributed by atoms with Gasteiger partial charge in [0.05, 0.1) is 17.5 Å². The topological polar surface area (TPSA) is 43.9 Å². The van der Waals surface area contributed by atoms with E-state index in [9.17, 15) is 0 Å². The van der Waals surface area contributed by atoms with Crippen molar-refractivity contribution in [2.24, 2.45) is 7.05 Å². The van der Waals surface area contributed by atoms with Gasteiger partial charge in [0, 0.05) is 20.2 Å². The standard InChI is InChI=1S/C9H11N3O/c1-6-8(5-12(3)11-6)9-4-10-7(2)13-9/h4-5H,1-3H3. The molecule has 0 N–H and O–H groups in total. The summed E-state index contributed by atoms with van der Waals surface area (Å²) in [6.07, 6.45) is 3.65. The smallest absolute Gasteiger partial charge is 0.191 e. The van der Waals surface area contributed by atoms with Crippen molar-refractivity contribution >= 4 is 0 Å². The Morgan fingerprint density at radius 2 is 2.15 bits per heavy atom. The minimum Gasteiger partial charge on any atom is -0.441 e. The van der Waals surface area contributed by atoms with E-state index in [1.165, 1.54) is 0 Å². The predicted octanol–water partition coefficient (Wildman–Crippen LogP) is 1.69. The minimum absolute atomic E-state index is 0.679. The molecular weight excluding hydrogens is 166 g/mol. The molecule has 0 unspecified atom stereocenters. The van der Waals surface area contributed by atoms with E-state index in [4.69, 9.17) is 4.42 Å². The zero-order valence-electron chi connectivity index (χ0n) is 7.90. The maximum absolute atomic E-state index is 5.40. The molecule has 0 amide bonds. The lowest BCUT2D eigenvalue weighted by molar-refractivity contribution is 0.534. The molecule has 0 atom stereocenters. The summed E-state index contributed by atoms with van der Waals surface area (Å²) in [4.78, 5) is 4.04. The maximum Gasteiger partial charge on any atom is 0.191 e. The second-order valence-electron chi connectivity index (χ2n) is 3.05. The van der Waals surface area contributed by atoms with Crippen molar-refractivity contribution in [3.63, 3.8) is 0 Å². The second kappa shape index (κ2) is 2.73. The first-order valence-electron chi connectivity index (χ1n) is 4.10. The number of hydrogen-bond donors (Lipinski definition) is 0. The Hall–Kier alpha value is -1.58. The summed E-state index contributed by atoms with van der Waals surface area (Å²) in [7, 11) is 1.89. The SMILES string of the molecule is Cc1ncc(-c2cn(C)nc2C)o1. The summed E-state index contributed by atoms with van der Waals surface area (Å²) in [6, 6.07) is 0. The first-order valence-corrected chi connectivity index (χ1v) is 4.10. The Morgan fingerprint density at radius 1 is 1.38 bits per heavy atom. The lowest BCUT2D eigenvalue weighted by atomic mass is 10.2. The number of hydrogen-bond acceptors (Lipinski definition) is 3. The van der Waals surface area contributed by atoms with Crippen LogP contribution in [0.15, 0.2) is 16.8 Å². The molecule has 0 radical (unpaired) electrons. The van der Waals surface area contributed by atoms with E-state index in [-0.39, 0.29) is 0 Å². The molecule has 4 heteroatoms. The molecule has 13 heavy (non-hydrogen) atoms. The van der Waals surface area contributed by atoms with Crippen molar-refractivity contribution in [3.8, 4) is 11.3 Å². The number of aromatic nitrogens is 3. The maximum atomic E-state index is 5.40. The molecule has 0 saturated heterocycles. The van der Waals surface area contributed by atoms with Gasteiger partial charge >= 0.3 is 0 Å². The lowest BCUT2D eigenvalue weighted by Gasteiger charge is -1.89. The molecule has 2 heterocycles. The highest BCUT2D eigenvalue weighted by atomic mass is 16.4. The highest BCUT2D eigenvalue weighted by molar-refractivity contribution is 5.57. The highest BCUT2D eigenvalue weighted by Gasteiger charge is 2.09. The monoisotopic (exact) mass is 177 g/mol. The van der Waals surface area contributed by atoms with Gasteiger partial charge < -0.3 is 4.42 Å². The van der Waals surface area contributed by atoms with Crippen LogP contribution in [0.25, 0.3) is 11.3 Å². The van der Waals surface area contributed by atoms with Gasteiger partial charge in [0.25, 0.3) is 0 Å². The van der Waals surface area contributed by atoms with Gasteiger partial charge in [-0.1, -0.05) is 0 Å². The molecule has 68 valence electrons. The molecule has 0 aliphatic carbocycles. The van der Waals surface area contributed by atoms with Gasteiger partial charge in [0.2, 0.25) is 0 Å². The Morgan fingerprint density at radius 3 is 2.62 bits per heavy atom. The molecule has 0 fully saturated rings. The Balaban J connectivity index is 2.51. The normalized spacial score (nSPS) is 10.7. The van der Waals surface area contributed by atoms with Gasteiger partial charge in [-0.15, -0.1) is 0 Å². The molecule has 2 rings (SSSR count). The van der Waals surface area contributed by atoms with E-state index in [0.717, 1.165) is 17.0 Å². The van der Waals surface area contributed by atoms with Crippen LogP contribution < -0.4 is 0 Å². The number of oxazole rings is 1. The summed E-state index contributed by atoms with van der Waals surface area (Å²) < 4.78 is 7.17. The van der Waals surface area contributed by atoms with Gasteiger partial charge in [-0.05, 0) is 6.92 Å². The molecular formula is C9H11N3O. The molecule has 2 aromatic rings. The third-order valence-electron chi connectivity index (χ3n) is 1.90. The fraction of sp³-hybridized carbons (Fsp3) is 0.333. The summed E-state index contributed by atoms with van der Waals surface area (Å²) in [5, 5.41) is 4.23. The molecule has 0 bridgehead atoms. The average Bonchev–Trinajstić information content (AvgIpc) is 2.58. The first kappa shape index (κ1) is 8.04. The Kier molecular flexibility index (Phi) is 1.69. The summed E-state index contributed by atoms with van der Waals surface area (Å²) >= 11 is 0. The quantitative estimate of drug-likeness (QED) is 0.665. The van der Waals surface area contributed by atoms with Crippen molar-refractivity contribution in [3.05, 3.63) is 24.0 Å². The van der Waals surface area contributed by atoms with E-state index in [1.807, 2.05) is 27.1 Å². The van der Waals surface area contributed by atoms with Crippen LogP contribution in [0.2, 0.25) is 0 Å². The van der Waals surface area contributed by atoms with Crippen LogP contribution in [0.5, 0.6) is 0 Å². The van der Waals surface area contributed by atoms with Crippen molar-refractivity contribution in [2.75, 3.05) is 0 Å². The molecule has 4 nitrogen and oxygen atoms in total. The third kappa shape index (κ3) is 1.35. The van der Waals surface area contributed by atoms with E-state index in [1.54, 1.807) is 10.9 Å². The fourth-order valence-electron chi connectivity index (χ4n) is 1.33. The van der Waals surface area contributed by atoms with Crippen LogP contribution in [-0.4, -0.2) is 14.8 Å². The van der Waals surface area contributed by atoms with Crippen LogP contribution in [0, 0.1) is 13.8 Å². The molecule has 0 aliphatic rings. The van der Waals surface area contributed by atoms with Crippen LogP contribution in [0.3, 0.4) is 0 Å². The van der Waals surface area contributed by atoms with E-state index >= 15 is 0 Å². The lowest BCUT2D eigenvalue weighted by Crippen LogP contribution is -1.86. The molecule has 0 aromatic carbocycles. The molecule has 2 aromatic heterocycles. The number of nitrogens with zero attached hydrogens (tertiary/aromatic N) is 3. The highest BCUT2D eigenvalue weighted by Crippen LogP contribution is 2.22. The summed E-state index contributed by atoms with van der Waals surface area (Å²) in [6.45, 7) is 3.78. The van der Waals surface area contributed by atoms with Crippen LogP contribution >= 0.6 is 0 Å². The van der Waals surface area contributed by atoms with Gasteiger partial charge in [-0.2, -0.15) is 5.10 Å². The van der Waals surface area contributed by atoms with Crippen molar-refractivity contribution in [1.29, 1.82) is 0 Å². The van der Waals surface area contributed by atoms with Gasteiger partial charge in [-0.25, -0.2) is 4.98 Å². The van der Waals surface area contributed by atoms with Crippen LogP contribution in [0.4, 0.5) is 0 Å². The van der Waals surface area contributed by atoms with Gasteiger partial charge in [0.1, 0.15) is 0 Å². The van der Waals surface area contributed by atoms with E-state index < -0.39 is 0 Å². The van der Waals surface area contributed by atoms with Crippen molar-refractivity contribution in [2.45, 2.75) is 13.8 Å². The third-order valence-corrected chi connectivity index (χ3v) is 1.90. The van der Waals surface area contributed by atoms with Gasteiger partial charge in [-0.3, -0.25) is 4.68 Å². The zero-order chi connectivity index (χ0) is 9.42. The van der Waals surface area contributed by atoms with Crippen LogP contribution in [-0.2, 0) is 7.05 Å². The first-order chi connectivity index (χ1) is 6.16. The minimum atomic E-state index is 0.679. The molecule has 0 aliphatic heterocycles. The van der Waals surface area contributed by atoms with E-state index in [0.29, 0.717) is 5.89 Å². The Labute approximate surface area is 76.2 Å².